The van der Waals surface area contributed by atoms with Crippen LogP contribution in [0.5, 0.6) is 11.5 Å². The normalized spacial score (nSPS) is 11.5. The Morgan fingerprint density at radius 1 is 0.969 bits per heavy atom. The summed E-state index contributed by atoms with van der Waals surface area (Å²) in [5.41, 5.74) is 3.13. The van der Waals surface area contributed by atoms with Gasteiger partial charge in [0.05, 0.1) is 13.2 Å². The van der Waals surface area contributed by atoms with Crippen molar-refractivity contribution < 1.29 is 19.1 Å². The first-order valence-electron chi connectivity index (χ1n) is 11.4. The summed E-state index contributed by atoms with van der Waals surface area (Å²) in [6.07, 6.45) is 1.41. The van der Waals surface area contributed by atoms with Gasteiger partial charge in [0.15, 0.2) is 11.5 Å². The second-order valence-electron chi connectivity index (χ2n) is 7.70. The fourth-order valence-electron chi connectivity index (χ4n) is 3.74. The molecule has 0 aromatic heterocycles. The lowest BCUT2D eigenvalue weighted by molar-refractivity contribution is -0.141. The van der Waals surface area contributed by atoms with Crippen molar-refractivity contribution in [3.8, 4) is 11.5 Å². The van der Waals surface area contributed by atoms with Crippen LogP contribution in [0.4, 0.5) is 0 Å². The molecular formula is C26H36N2O4. The maximum Gasteiger partial charge on any atom is 0.242 e. The molecule has 0 bridgehead atoms. The zero-order valence-electron chi connectivity index (χ0n) is 19.9. The first-order valence-corrected chi connectivity index (χ1v) is 11.4. The number of hydrogen-bond donors (Lipinski definition) is 1. The minimum atomic E-state index is -0.507. The number of carbonyl (C=O) groups excluding carboxylic acids is 2. The van der Waals surface area contributed by atoms with Gasteiger partial charge < -0.3 is 19.7 Å². The van der Waals surface area contributed by atoms with Crippen LogP contribution in [0.25, 0.3) is 0 Å². The highest BCUT2D eigenvalue weighted by molar-refractivity contribution is 5.87. The first kappa shape index (κ1) is 25.2. The van der Waals surface area contributed by atoms with Crippen LogP contribution >= 0.6 is 0 Å². The number of aryl methyl sites for hydroxylation is 2. The molecule has 32 heavy (non-hydrogen) atoms. The zero-order chi connectivity index (χ0) is 23.5. The topological polar surface area (TPSA) is 67.9 Å². The van der Waals surface area contributed by atoms with E-state index < -0.39 is 6.04 Å². The molecule has 0 aliphatic carbocycles. The Morgan fingerprint density at radius 3 is 2.31 bits per heavy atom. The molecular weight excluding hydrogens is 404 g/mol. The van der Waals surface area contributed by atoms with Crippen LogP contribution in [-0.2, 0) is 22.6 Å². The number of carbonyl (C=O) groups is 2. The Kier molecular flexibility index (Phi) is 10.1. The lowest BCUT2D eigenvalue weighted by atomic mass is 10.0. The van der Waals surface area contributed by atoms with Gasteiger partial charge in [0.25, 0.3) is 0 Å². The average molecular weight is 441 g/mol. The van der Waals surface area contributed by atoms with E-state index in [0.29, 0.717) is 50.5 Å². The highest BCUT2D eigenvalue weighted by Crippen LogP contribution is 2.29. The summed E-state index contributed by atoms with van der Waals surface area (Å²) in [5, 5.41) is 2.70. The summed E-state index contributed by atoms with van der Waals surface area (Å²) >= 11 is 0. The number of amides is 2. The van der Waals surface area contributed by atoms with Crippen LogP contribution in [0.1, 0.15) is 50.3 Å². The molecule has 0 aliphatic rings. The Hall–Kier alpha value is -3.02. The number of benzene rings is 2. The van der Waals surface area contributed by atoms with E-state index >= 15 is 0 Å². The van der Waals surface area contributed by atoms with Crippen molar-refractivity contribution in [2.24, 2.45) is 0 Å². The first-order chi connectivity index (χ1) is 15.4. The Labute approximate surface area is 191 Å². The van der Waals surface area contributed by atoms with E-state index in [1.165, 1.54) is 0 Å². The van der Waals surface area contributed by atoms with E-state index in [9.17, 15) is 9.59 Å². The number of rotatable bonds is 12. The van der Waals surface area contributed by atoms with Gasteiger partial charge in [-0.05, 0) is 56.9 Å². The van der Waals surface area contributed by atoms with Crippen LogP contribution in [0, 0.1) is 6.92 Å². The van der Waals surface area contributed by atoms with Gasteiger partial charge >= 0.3 is 0 Å². The largest absolute Gasteiger partial charge is 0.490 e. The van der Waals surface area contributed by atoms with Gasteiger partial charge in [0, 0.05) is 20.0 Å². The molecule has 2 rings (SSSR count). The van der Waals surface area contributed by atoms with E-state index in [4.69, 9.17) is 9.47 Å². The fraction of sp³-hybridized carbons (Fsp3) is 0.462. The van der Waals surface area contributed by atoms with Crippen LogP contribution in [0.3, 0.4) is 0 Å². The molecule has 0 saturated heterocycles. The number of nitrogens with zero attached hydrogens (tertiary/aromatic N) is 1. The number of nitrogens with one attached hydrogen (secondary N) is 1. The average Bonchev–Trinajstić information content (AvgIpc) is 2.79. The fourth-order valence-corrected chi connectivity index (χ4v) is 3.74. The summed E-state index contributed by atoms with van der Waals surface area (Å²) in [5.74, 6) is 1.20. The number of ether oxygens (including phenoxy) is 2. The third-order valence-corrected chi connectivity index (χ3v) is 5.30. The molecule has 0 fully saturated rings. The van der Waals surface area contributed by atoms with Gasteiger partial charge in [-0.3, -0.25) is 9.59 Å². The third kappa shape index (κ3) is 7.01. The minimum Gasteiger partial charge on any atom is -0.490 e. The SMILES string of the molecule is CCOc1ccc(CCC(=O)N(Cc2cccc(C)c2)[C@H](CC)C(=O)NC)cc1OCC. The Morgan fingerprint density at radius 2 is 1.69 bits per heavy atom. The van der Waals surface area contributed by atoms with Crippen molar-refractivity contribution in [1.82, 2.24) is 10.2 Å². The molecule has 0 saturated carbocycles. The molecule has 6 nitrogen and oxygen atoms in total. The van der Waals surface area contributed by atoms with Crippen molar-refractivity contribution >= 4 is 11.8 Å². The summed E-state index contributed by atoms with van der Waals surface area (Å²) in [6, 6.07) is 13.3. The predicted molar refractivity (Wildman–Crippen MR) is 127 cm³/mol. The van der Waals surface area contributed by atoms with Crippen molar-refractivity contribution in [2.75, 3.05) is 20.3 Å². The summed E-state index contributed by atoms with van der Waals surface area (Å²) < 4.78 is 11.3. The molecule has 2 aromatic carbocycles. The molecule has 0 radical (unpaired) electrons. The second kappa shape index (κ2) is 12.7. The summed E-state index contributed by atoms with van der Waals surface area (Å²) in [7, 11) is 1.61. The maximum absolute atomic E-state index is 13.3. The van der Waals surface area contributed by atoms with Crippen LogP contribution in [0.2, 0.25) is 0 Å². The lowest BCUT2D eigenvalue weighted by Crippen LogP contribution is -2.48. The van der Waals surface area contributed by atoms with Crippen molar-refractivity contribution in [2.45, 2.75) is 59.5 Å². The monoisotopic (exact) mass is 440 g/mol. The van der Waals surface area contributed by atoms with E-state index in [1.807, 2.05) is 64.1 Å². The number of likely N-dealkylation sites (N-methyl/N-ethyl adjacent to an activating group) is 1. The van der Waals surface area contributed by atoms with Crippen molar-refractivity contribution in [1.29, 1.82) is 0 Å². The van der Waals surface area contributed by atoms with Gasteiger partial charge in [0.1, 0.15) is 6.04 Å². The molecule has 2 aromatic rings. The minimum absolute atomic E-state index is 0.0474. The molecule has 0 heterocycles. The van der Waals surface area contributed by atoms with Gasteiger partial charge in [-0.15, -0.1) is 0 Å². The Balaban J connectivity index is 2.20. The zero-order valence-corrected chi connectivity index (χ0v) is 19.9. The van der Waals surface area contributed by atoms with Gasteiger partial charge in [-0.1, -0.05) is 42.8 Å². The molecule has 1 atom stereocenters. The van der Waals surface area contributed by atoms with Crippen LogP contribution in [-0.4, -0.2) is 43.0 Å². The number of hydrogen-bond acceptors (Lipinski definition) is 4. The van der Waals surface area contributed by atoms with Gasteiger partial charge in [-0.25, -0.2) is 0 Å². The van der Waals surface area contributed by atoms with Crippen molar-refractivity contribution in [3.63, 3.8) is 0 Å². The van der Waals surface area contributed by atoms with E-state index in [1.54, 1.807) is 11.9 Å². The molecule has 0 unspecified atom stereocenters. The lowest BCUT2D eigenvalue weighted by Gasteiger charge is -2.30. The highest BCUT2D eigenvalue weighted by atomic mass is 16.5. The predicted octanol–water partition coefficient (Wildman–Crippen LogP) is 4.28. The van der Waals surface area contributed by atoms with E-state index in [0.717, 1.165) is 16.7 Å². The van der Waals surface area contributed by atoms with Crippen LogP contribution < -0.4 is 14.8 Å². The van der Waals surface area contributed by atoms with Gasteiger partial charge in [0.2, 0.25) is 11.8 Å². The quantitative estimate of drug-likeness (QED) is 0.535. The molecule has 0 spiro atoms. The summed E-state index contributed by atoms with van der Waals surface area (Å²) in [4.78, 5) is 27.5. The molecule has 2 amide bonds. The Bertz CT molecular complexity index is 897. The van der Waals surface area contributed by atoms with Crippen molar-refractivity contribution in [3.05, 3.63) is 59.2 Å². The molecule has 0 aliphatic heterocycles. The second-order valence-corrected chi connectivity index (χ2v) is 7.70. The smallest absolute Gasteiger partial charge is 0.242 e. The van der Waals surface area contributed by atoms with E-state index in [2.05, 4.69) is 11.4 Å². The third-order valence-electron chi connectivity index (χ3n) is 5.30. The highest BCUT2D eigenvalue weighted by Gasteiger charge is 2.27. The maximum atomic E-state index is 13.3. The standard InChI is InChI=1S/C26H36N2O4/c1-6-22(26(30)27-5)28(18-21-11-9-10-19(4)16-21)25(29)15-13-20-12-14-23(31-7-2)24(17-20)32-8-3/h9-12,14,16-17,22H,6-8,13,15,18H2,1-5H3,(H,27,30)/t22-/m1/s1. The molecule has 1 N–H and O–H groups in total. The molecule has 174 valence electrons. The van der Waals surface area contributed by atoms with E-state index in [-0.39, 0.29) is 11.8 Å². The summed E-state index contributed by atoms with van der Waals surface area (Å²) in [6.45, 7) is 9.31. The van der Waals surface area contributed by atoms with Crippen LogP contribution in [0.15, 0.2) is 42.5 Å². The molecule has 6 heteroatoms. The van der Waals surface area contributed by atoms with Gasteiger partial charge in [-0.2, -0.15) is 0 Å².